The first-order chi connectivity index (χ1) is 8.06. The van der Waals surface area contributed by atoms with Gasteiger partial charge in [0.2, 0.25) is 0 Å². The second kappa shape index (κ2) is 6.03. The second-order valence-electron chi connectivity index (χ2n) is 3.98. The van der Waals surface area contributed by atoms with E-state index in [1.807, 2.05) is 6.07 Å². The van der Waals surface area contributed by atoms with E-state index in [4.69, 9.17) is 5.11 Å². The highest BCUT2D eigenvalue weighted by Gasteiger charge is 2.24. The molecule has 2 unspecified atom stereocenters. The molecular formula is C13H17NO3. The highest BCUT2D eigenvalue weighted by molar-refractivity contribution is 5.94. The van der Waals surface area contributed by atoms with Crippen LogP contribution in [0.1, 0.15) is 30.6 Å². The van der Waals surface area contributed by atoms with Gasteiger partial charge in [0.05, 0.1) is 5.92 Å². The highest BCUT2D eigenvalue weighted by Crippen LogP contribution is 2.09. The number of hydrogen-bond donors (Lipinski definition) is 2. The Bertz CT molecular complexity index is 389. The number of benzene rings is 1. The summed E-state index contributed by atoms with van der Waals surface area (Å²) >= 11 is 0. The maximum atomic E-state index is 11.8. The lowest BCUT2D eigenvalue weighted by atomic mass is 9.98. The summed E-state index contributed by atoms with van der Waals surface area (Å²) in [6.45, 7) is 3.51. The van der Waals surface area contributed by atoms with Crippen molar-refractivity contribution in [1.29, 1.82) is 0 Å². The van der Waals surface area contributed by atoms with Crippen LogP contribution in [0.3, 0.4) is 0 Å². The summed E-state index contributed by atoms with van der Waals surface area (Å²) in [6, 6.07) is 8.38. The summed E-state index contributed by atoms with van der Waals surface area (Å²) in [6.07, 6.45) is 0.492. The van der Waals surface area contributed by atoms with Crippen LogP contribution in [0, 0.1) is 5.92 Å². The van der Waals surface area contributed by atoms with Gasteiger partial charge in [-0.3, -0.25) is 9.59 Å². The number of hydrogen-bond acceptors (Lipinski definition) is 2. The van der Waals surface area contributed by atoms with Crippen molar-refractivity contribution in [3.8, 4) is 0 Å². The number of amides is 1. The van der Waals surface area contributed by atoms with Gasteiger partial charge in [-0.05, 0) is 25.5 Å². The average Bonchev–Trinajstić information content (AvgIpc) is 2.30. The van der Waals surface area contributed by atoms with Crippen LogP contribution in [0.15, 0.2) is 30.3 Å². The topological polar surface area (TPSA) is 66.4 Å². The fourth-order valence-electron chi connectivity index (χ4n) is 1.72. The Morgan fingerprint density at radius 2 is 1.88 bits per heavy atom. The monoisotopic (exact) mass is 235 g/mol. The van der Waals surface area contributed by atoms with E-state index in [0.29, 0.717) is 12.0 Å². The zero-order valence-corrected chi connectivity index (χ0v) is 10.0. The molecule has 0 spiro atoms. The molecule has 0 aromatic heterocycles. The lowest BCUT2D eigenvalue weighted by Crippen LogP contribution is -2.41. The number of rotatable bonds is 5. The Morgan fingerprint density at radius 1 is 1.29 bits per heavy atom. The van der Waals surface area contributed by atoms with Crippen LogP contribution in [-0.4, -0.2) is 23.0 Å². The largest absolute Gasteiger partial charge is 0.481 e. The molecule has 0 radical (unpaired) electrons. The maximum absolute atomic E-state index is 11.8. The molecule has 2 atom stereocenters. The lowest BCUT2D eigenvalue weighted by molar-refractivity contribution is -0.142. The molecule has 1 rings (SSSR count). The minimum absolute atomic E-state index is 0.238. The van der Waals surface area contributed by atoms with Crippen molar-refractivity contribution in [2.24, 2.45) is 5.92 Å². The van der Waals surface area contributed by atoms with Crippen molar-refractivity contribution >= 4 is 11.9 Å². The lowest BCUT2D eigenvalue weighted by Gasteiger charge is -2.20. The summed E-state index contributed by atoms with van der Waals surface area (Å²) < 4.78 is 0. The third-order valence-corrected chi connectivity index (χ3v) is 2.76. The molecule has 4 heteroatoms. The molecule has 1 amide bonds. The predicted octanol–water partition coefficient (Wildman–Crippen LogP) is 1.92. The molecule has 2 N–H and O–H groups in total. The van der Waals surface area contributed by atoms with Crippen molar-refractivity contribution in [3.63, 3.8) is 0 Å². The molecule has 0 saturated carbocycles. The van der Waals surface area contributed by atoms with Crippen LogP contribution in [0.5, 0.6) is 0 Å². The molecule has 1 aromatic rings. The molecular weight excluding hydrogens is 218 g/mol. The molecule has 0 bridgehead atoms. The van der Waals surface area contributed by atoms with Crippen molar-refractivity contribution in [1.82, 2.24) is 5.32 Å². The van der Waals surface area contributed by atoms with E-state index >= 15 is 0 Å². The zero-order valence-electron chi connectivity index (χ0n) is 10.0. The van der Waals surface area contributed by atoms with E-state index in [9.17, 15) is 9.59 Å². The number of nitrogens with one attached hydrogen (secondary N) is 1. The molecule has 0 aliphatic heterocycles. The second-order valence-corrected chi connectivity index (χ2v) is 3.98. The molecule has 0 aliphatic carbocycles. The van der Waals surface area contributed by atoms with E-state index < -0.39 is 11.9 Å². The summed E-state index contributed by atoms with van der Waals surface area (Å²) in [5.74, 6) is -1.67. The van der Waals surface area contributed by atoms with E-state index in [1.54, 1.807) is 38.1 Å². The Hall–Kier alpha value is -1.84. The average molecular weight is 235 g/mol. The molecule has 0 fully saturated rings. The SMILES string of the molecule is CCC(C(=O)O)C(C)NC(=O)c1ccccc1. The minimum atomic E-state index is -0.881. The van der Waals surface area contributed by atoms with E-state index in [0.717, 1.165) is 0 Å². The molecule has 0 saturated heterocycles. The maximum Gasteiger partial charge on any atom is 0.308 e. The predicted molar refractivity (Wildman–Crippen MR) is 64.8 cm³/mol. The Kier molecular flexibility index (Phi) is 4.69. The first-order valence-electron chi connectivity index (χ1n) is 5.65. The minimum Gasteiger partial charge on any atom is -0.481 e. The number of carboxylic acid groups (broad SMARTS) is 1. The van der Waals surface area contributed by atoms with E-state index in [-0.39, 0.29) is 11.9 Å². The van der Waals surface area contributed by atoms with Gasteiger partial charge in [0.15, 0.2) is 0 Å². The van der Waals surface area contributed by atoms with Crippen LogP contribution in [0.2, 0.25) is 0 Å². The highest BCUT2D eigenvalue weighted by atomic mass is 16.4. The Labute approximate surface area is 101 Å². The Balaban J connectivity index is 2.66. The molecule has 0 heterocycles. The number of carboxylic acids is 1. The van der Waals surface area contributed by atoms with Gasteiger partial charge in [-0.1, -0.05) is 25.1 Å². The van der Waals surface area contributed by atoms with Crippen LogP contribution < -0.4 is 5.32 Å². The van der Waals surface area contributed by atoms with Gasteiger partial charge in [0.1, 0.15) is 0 Å². The van der Waals surface area contributed by atoms with Gasteiger partial charge in [0, 0.05) is 11.6 Å². The van der Waals surface area contributed by atoms with Crippen LogP contribution in [-0.2, 0) is 4.79 Å². The summed E-state index contributed by atoms with van der Waals surface area (Å²) in [5.41, 5.74) is 0.541. The number of carbonyl (C=O) groups is 2. The Morgan fingerprint density at radius 3 is 2.35 bits per heavy atom. The van der Waals surface area contributed by atoms with Gasteiger partial charge in [-0.25, -0.2) is 0 Å². The van der Waals surface area contributed by atoms with Gasteiger partial charge < -0.3 is 10.4 Å². The number of aliphatic carboxylic acids is 1. The quantitative estimate of drug-likeness (QED) is 0.819. The van der Waals surface area contributed by atoms with Crippen LogP contribution >= 0.6 is 0 Å². The molecule has 17 heavy (non-hydrogen) atoms. The fourth-order valence-corrected chi connectivity index (χ4v) is 1.72. The molecule has 92 valence electrons. The van der Waals surface area contributed by atoms with Crippen molar-refractivity contribution in [2.45, 2.75) is 26.3 Å². The van der Waals surface area contributed by atoms with E-state index in [2.05, 4.69) is 5.32 Å². The molecule has 1 aromatic carbocycles. The van der Waals surface area contributed by atoms with Crippen LogP contribution in [0.4, 0.5) is 0 Å². The molecule has 4 nitrogen and oxygen atoms in total. The first kappa shape index (κ1) is 13.2. The summed E-state index contributed by atoms with van der Waals surface area (Å²) in [4.78, 5) is 22.7. The first-order valence-corrected chi connectivity index (χ1v) is 5.65. The third-order valence-electron chi connectivity index (χ3n) is 2.76. The van der Waals surface area contributed by atoms with Crippen molar-refractivity contribution in [3.05, 3.63) is 35.9 Å². The number of carbonyl (C=O) groups excluding carboxylic acids is 1. The standard InChI is InChI=1S/C13H17NO3/c1-3-11(13(16)17)9(2)14-12(15)10-7-5-4-6-8-10/h4-9,11H,3H2,1-2H3,(H,14,15)(H,16,17). The summed E-state index contributed by atoms with van der Waals surface area (Å²) in [5, 5.41) is 11.7. The van der Waals surface area contributed by atoms with Gasteiger partial charge in [-0.15, -0.1) is 0 Å². The zero-order chi connectivity index (χ0) is 12.8. The summed E-state index contributed by atoms with van der Waals surface area (Å²) in [7, 11) is 0. The van der Waals surface area contributed by atoms with E-state index in [1.165, 1.54) is 0 Å². The van der Waals surface area contributed by atoms with Gasteiger partial charge in [0.25, 0.3) is 5.91 Å². The third kappa shape index (κ3) is 3.59. The van der Waals surface area contributed by atoms with Crippen molar-refractivity contribution < 1.29 is 14.7 Å². The van der Waals surface area contributed by atoms with Gasteiger partial charge >= 0.3 is 5.97 Å². The molecule has 0 aliphatic rings. The smallest absolute Gasteiger partial charge is 0.308 e. The van der Waals surface area contributed by atoms with Gasteiger partial charge in [-0.2, -0.15) is 0 Å². The van der Waals surface area contributed by atoms with Crippen LogP contribution in [0.25, 0.3) is 0 Å². The normalized spacial score (nSPS) is 13.8. The van der Waals surface area contributed by atoms with Crippen molar-refractivity contribution in [2.75, 3.05) is 0 Å². The fraction of sp³-hybridized carbons (Fsp3) is 0.385.